The lowest BCUT2D eigenvalue weighted by Crippen LogP contribution is -2.04. The Hall–Kier alpha value is -2.82. The number of benzene rings is 2. The summed E-state index contributed by atoms with van der Waals surface area (Å²) in [4.78, 5) is 18.6. The van der Waals surface area contributed by atoms with Crippen molar-refractivity contribution >= 4 is 17.0 Å². The van der Waals surface area contributed by atoms with E-state index in [1.54, 1.807) is 18.2 Å². The second kappa shape index (κ2) is 5.05. The van der Waals surface area contributed by atoms with Gasteiger partial charge in [0.2, 0.25) is 0 Å². The first kappa shape index (κ1) is 12.2. The van der Waals surface area contributed by atoms with Gasteiger partial charge in [-0.1, -0.05) is 24.3 Å². The molecule has 0 radical (unpaired) electrons. The molecular formula is C15H12N2O3. The molecule has 0 fully saturated rings. The Morgan fingerprint density at radius 3 is 2.70 bits per heavy atom. The van der Waals surface area contributed by atoms with E-state index in [2.05, 4.69) is 9.97 Å². The van der Waals surface area contributed by atoms with Crippen LogP contribution in [0.2, 0.25) is 0 Å². The molecule has 0 atom stereocenters. The van der Waals surface area contributed by atoms with Gasteiger partial charge in [-0.15, -0.1) is 0 Å². The van der Waals surface area contributed by atoms with Crippen LogP contribution in [-0.4, -0.2) is 21.0 Å². The minimum atomic E-state index is -1.01. The van der Waals surface area contributed by atoms with Crippen LogP contribution in [0.25, 0.3) is 11.0 Å². The third-order valence-corrected chi connectivity index (χ3v) is 2.92. The van der Waals surface area contributed by atoms with Gasteiger partial charge >= 0.3 is 5.97 Å². The van der Waals surface area contributed by atoms with Crippen molar-refractivity contribution in [3.8, 4) is 5.75 Å². The van der Waals surface area contributed by atoms with Crippen LogP contribution in [0.5, 0.6) is 5.75 Å². The molecule has 1 aromatic heterocycles. The Balaban J connectivity index is 1.81. The Kier molecular flexibility index (Phi) is 3.09. The Morgan fingerprint density at radius 1 is 1.15 bits per heavy atom. The Labute approximate surface area is 114 Å². The topological polar surface area (TPSA) is 75.2 Å². The predicted molar refractivity (Wildman–Crippen MR) is 73.8 cm³/mol. The van der Waals surface area contributed by atoms with Crippen molar-refractivity contribution in [3.63, 3.8) is 0 Å². The van der Waals surface area contributed by atoms with E-state index >= 15 is 0 Å². The summed E-state index contributed by atoms with van der Waals surface area (Å²) in [5, 5.41) is 9.07. The zero-order valence-electron chi connectivity index (χ0n) is 10.5. The third-order valence-electron chi connectivity index (χ3n) is 2.92. The first-order valence-corrected chi connectivity index (χ1v) is 6.13. The number of carboxylic acid groups (broad SMARTS) is 1. The zero-order valence-corrected chi connectivity index (χ0v) is 10.5. The third kappa shape index (κ3) is 2.33. The highest BCUT2D eigenvalue weighted by Gasteiger charge is 2.11. The number of ether oxygens (including phenoxy) is 1. The molecule has 1 heterocycles. The molecule has 0 unspecified atom stereocenters. The Morgan fingerprint density at radius 2 is 1.90 bits per heavy atom. The lowest BCUT2D eigenvalue weighted by molar-refractivity contribution is 0.0691. The molecule has 5 nitrogen and oxygen atoms in total. The maximum Gasteiger partial charge on any atom is 0.339 e. The molecule has 0 aliphatic carbocycles. The first-order chi connectivity index (χ1) is 9.74. The molecule has 100 valence electrons. The number of carboxylic acids is 1. The highest BCUT2D eigenvalue weighted by Crippen LogP contribution is 2.19. The quantitative estimate of drug-likeness (QED) is 0.763. The fraction of sp³-hybridized carbons (Fsp3) is 0.0667. The van der Waals surface area contributed by atoms with E-state index in [1.165, 1.54) is 6.07 Å². The molecule has 0 bridgehead atoms. The summed E-state index contributed by atoms with van der Waals surface area (Å²) in [5.74, 6) is -0.0166. The second-order valence-corrected chi connectivity index (χ2v) is 4.29. The molecule has 20 heavy (non-hydrogen) atoms. The normalized spacial score (nSPS) is 10.6. The summed E-state index contributed by atoms with van der Waals surface area (Å²) < 4.78 is 5.54. The van der Waals surface area contributed by atoms with Crippen LogP contribution in [0.15, 0.2) is 48.5 Å². The molecule has 0 aliphatic rings. The number of hydrogen-bond donors (Lipinski definition) is 2. The number of nitrogens with zero attached hydrogens (tertiary/aromatic N) is 1. The largest absolute Gasteiger partial charge is 0.485 e. The maximum absolute atomic E-state index is 11.1. The number of carbonyl (C=O) groups is 1. The number of para-hydroxylation sites is 3. The summed E-state index contributed by atoms with van der Waals surface area (Å²) in [6, 6.07) is 14.2. The molecule has 0 spiro atoms. The van der Waals surface area contributed by atoms with Gasteiger partial charge in [0.1, 0.15) is 23.7 Å². The van der Waals surface area contributed by atoms with Gasteiger partial charge in [0.25, 0.3) is 0 Å². The molecular weight excluding hydrogens is 256 g/mol. The van der Waals surface area contributed by atoms with Gasteiger partial charge in [0.05, 0.1) is 11.0 Å². The van der Waals surface area contributed by atoms with Crippen molar-refractivity contribution in [2.75, 3.05) is 0 Å². The SMILES string of the molecule is O=C(O)c1ccccc1OCc1nc2ccccc2[nH]1. The first-order valence-electron chi connectivity index (χ1n) is 6.13. The number of aromatic nitrogens is 2. The van der Waals surface area contributed by atoms with Crippen molar-refractivity contribution in [2.45, 2.75) is 6.61 Å². The minimum Gasteiger partial charge on any atom is -0.485 e. The lowest BCUT2D eigenvalue weighted by Gasteiger charge is -2.06. The number of fused-ring (bicyclic) bond motifs is 1. The number of imidazole rings is 1. The monoisotopic (exact) mass is 268 g/mol. The van der Waals surface area contributed by atoms with Crippen molar-refractivity contribution in [3.05, 3.63) is 59.9 Å². The van der Waals surface area contributed by atoms with Gasteiger partial charge in [-0.05, 0) is 24.3 Å². The van der Waals surface area contributed by atoms with E-state index in [-0.39, 0.29) is 12.2 Å². The smallest absolute Gasteiger partial charge is 0.339 e. The van der Waals surface area contributed by atoms with Gasteiger partial charge in [-0.25, -0.2) is 9.78 Å². The molecule has 3 rings (SSSR count). The van der Waals surface area contributed by atoms with Crippen molar-refractivity contribution in [1.82, 2.24) is 9.97 Å². The molecule has 0 saturated heterocycles. The summed E-state index contributed by atoms with van der Waals surface area (Å²) in [6.07, 6.45) is 0. The summed E-state index contributed by atoms with van der Waals surface area (Å²) in [7, 11) is 0. The van der Waals surface area contributed by atoms with Crippen LogP contribution < -0.4 is 4.74 Å². The van der Waals surface area contributed by atoms with Crippen LogP contribution in [0.3, 0.4) is 0 Å². The number of nitrogens with one attached hydrogen (secondary N) is 1. The van der Waals surface area contributed by atoms with Gasteiger partial charge < -0.3 is 14.8 Å². The minimum absolute atomic E-state index is 0.142. The lowest BCUT2D eigenvalue weighted by atomic mass is 10.2. The van der Waals surface area contributed by atoms with Crippen molar-refractivity contribution in [1.29, 1.82) is 0 Å². The number of aromatic carboxylic acids is 1. The average Bonchev–Trinajstić information content (AvgIpc) is 2.88. The van der Waals surface area contributed by atoms with Crippen LogP contribution in [0, 0.1) is 0 Å². The number of H-pyrrole nitrogens is 1. The summed E-state index contributed by atoms with van der Waals surface area (Å²) in [5.41, 5.74) is 1.93. The standard InChI is InChI=1S/C15H12N2O3/c18-15(19)10-5-1-4-8-13(10)20-9-14-16-11-6-2-3-7-12(11)17-14/h1-8H,9H2,(H,16,17)(H,18,19). The summed E-state index contributed by atoms with van der Waals surface area (Å²) in [6.45, 7) is 0.193. The van der Waals surface area contributed by atoms with E-state index < -0.39 is 5.97 Å². The number of rotatable bonds is 4. The zero-order chi connectivity index (χ0) is 13.9. The second-order valence-electron chi connectivity index (χ2n) is 4.29. The van der Waals surface area contributed by atoms with Crippen LogP contribution >= 0.6 is 0 Å². The van der Waals surface area contributed by atoms with Gasteiger partial charge in [0, 0.05) is 0 Å². The van der Waals surface area contributed by atoms with Gasteiger partial charge in [0.15, 0.2) is 0 Å². The van der Waals surface area contributed by atoms with Gasteiger partial charge in [-0.3, -0.25) is 0 Å². The van der Waals surface area contributed by atoms with E-state index in [9.17, 15) is 4.79 Å². The van der Waals surface area contributed by atoms with E-state index in [0.717, 1.165) is 11.0 Å². The van der Waals surface area contributed by atoms with E-state index in [4.69, 9.17) is 9.84 Å². The fourth-order valence-corrected chi connectivity index (χ4v) is 1.99. The molecule has 2 aromatic carbocycles. The number of hydrogen-bond acceptors (Lipinski definition) is 3. The molecule has 0 amide bonds. The predicted octanol–water partition coefficient (Wildman–Crippen LogP) is 2.84. The van der Waals surface area contributed by atoms with E-state index in [1.807, 2.05) is 24.3 Å². The molecule has 2 N–H and O–H groups in total. The molecule has 3 aromatic rings. The number of aromatic amines is 1. The molecule has 0 saturated carbocycles. The van der Waals surface area contributed by atoms with Crippen molar-refractivity contribution in [2.24, 2.45) is 0 Å². The highest BCUT2D eigenvalue weighted by atomic mass is 16.5. The molecule has 5 heteroatoms. The van der Waals surface area contributed by atoms with Crippen LogP contribution in [-0.2, 0) is 6.61 Å². The fourth-order valence-electron chi connectivity index (χ4n) is 1.99. The van der Waals surface area contributed by atoms with E-state index in [0.29, 0.717) is 11.6 Å². The van der Waals surface area contributed by atoms with Crippen LogP contribution in [0.1, 0.15) is 16.2 Å². The summed E-state index contributed by atoms with van der Waals surface area (Å²) >= 11 is 0. The average molecular weight is 268 g/mol. The van der Waals surface area contributed by atoms with Crippen molar-refractivity contribution < 1.29 is 14.6 Å². The molecule has 0 aliphatic heterocycles. The Bertz CT molecular complexity index is 731. The maximum atomic E-state index is 11.1. The highest BCUT2D eigenvalue weighted by molar-refractivity contribution is 5.90. The van der Waals surface area contributed by atoms with Gasteiger partial charge in [-0.2, -0.15) is 0 Å². The van der Waals surface area contributed by atoms with Crippen LogP contribution in [0.4, 0.5) is 0 Å².